The second-order valence-electron chi connectivity index (χ2n) is 4.41. The van der Waals surface area contributed by atoms with Crippen LogP contribution >= 0.6 is 22.9 Å². The zero-order valence-electron chi connectivity index (χ0n) is 11.3. The summed E-state index contributed by atoms with van der Waals surface area (Å²) in [6.45, 7) is 2.22. The number of carbonyl (C=O) groups is 1. The van der Waals surface area contributed by atoms with E-state index in [1.165, 1.54) is 10.4 Å². The Kier molecular flexibility index (Phi) is 5.62. The average molecular weight is 309 g/mol. The van der Waals surface area contributed by atoms with Crippen LogP contribution in [0.1, 0.15) is 30.7 Å². The van der Waals surface area contributed by atoms with E-state index in [9.17, 15) is 4.79 Å². The van der Waals surface area contributed by atoms with Crippen LogP contribution in [-0.2, 0) is 9.53 Å². The summed E-state index contributed by atoms with van der Waals surface area (Å²) in [5.41, 5.74) is 2.23. The first kappa shape index (κ1) is 15.1. The van der Waals surface area contributed by atoms with Gasteiger partial charge in [-0.1, -0.05) is 30.3 Å². The van der Waals surface area contributed by atoms with E-state index in [-0.39, 0.29) is 11.3 Å². The number of halogens is 1. The summed E-state index contributed by atoms with van der Waals surface area (Å²) in [5.74, 6) is -0.187. The van der Waals surface area contributed by atoms with Gasteiger partial charge in [0.15, 0.2) is 0 Å². The number of alkyl halides is 1. The van der Waals surface area contributed by atoms with Crippen molar-refractivity contribution in [2.75, 3.05) is 6.61 Å². The van der Waals surface area contributed by atoms with E-state index in [1.807, 2.05) is 18.2 Å². The highest BCUT2D eigenvalue weighted by Gasteiger charge is 2.11. The van der Waals surface area contributed by atoms with Gasteiger partial charge in [0.05, 0.1) is 12.0 Å². The van der Waals surface area contributed by atoms with Crippen LogP contribution in [0.5, 0.6) is 0 Å². The molecule has 0 fully saturated rings. The van der Waals surface area contributed by atoms with E-state index in [1.54, 1.807) is 18.3 Å². The molecule has 0 spiro atoms. The molecule has 106 valence electrons. The molecular weight excluding hydrogens is 292 g/mol. The summed E-state index contributed by atoms with van der Waals surface area (Å²) in [5, 5.41) is 1.91. The first-order chi connectivity index (χ1) is 9.70. The predicted octanol–water partition coefficient (Wildman–Crippen LogP) is 5.04. The molecule has 1 unspecified atom stereocenters. The fourth-order valence-corrected chi connectivity index (χ4v) is 2.93. The zero-order valence-corrected chi connectivity index (χ0v) is 12.9. The third kappa shape index (κ3) is 4.09. The van der Waals surface area contributed by atoms with Gasteiger partial charge in [-0.2, -0.15) is 0 Å². The van der Waals surface area contributed by atoms with Crippen LogP contribution in [0.4, 0.5) is 0 Å². The SMILES string of the molecule is CCOC(=O)CCC(Cl)c1ccc(-c2cccs2)cc1. The molecule has 1 heterocycles. The van der Waals surface area contributed by atoms with E-state index >= 15 is 0 Å². The van der Waals surface area contributed by atoms with Gasteiger partial charge < -0.3 is 4.74 Å². The Balaban J connectivity index is 1.94. The third-order valence-corrected chi connectivity index (χ3v) is 4.37. The lowest BCUT2D eigenvalue weighted by atomic mass is 10.0. The predicted molar refractivity (Wildman–Crippen MR) is 84.2 cm³/mol. The number of benzene rings is 1. The highest BCUT2D eigenvalue weighted by atomic mass is 35.5. The molecule has 4 heteroatoms. The lowest BCUT2D eigenvalue weighted by molar-refractivity contribution is -0.143. The van der Waals surface area contributed by atoms with Crippen LogP contribution in [0, 0.1) is 0 Å². The summed E-state index contributed by atoms with van der Waals surface area (Å²) in [7, 11) is 0. The lowest BCUT2D eigenvalue weighted by Gasteiger charge is -2.10. The molecule has 1 aromatic heterocycles. The van der Waals surface area contributed by atoms with Crippen LogP contribution in [0.2, 0.25) is 0 Å². The van der Waals surface area contributed by atoms with Crippen molar-refractivity contribution in [3.05, 3.63) is 47.3 Å². The van der Waals surface area contributed by atoms with Crippen LogP contribution in [-0.4, -0.2) is 12.6 Å². The highest BCUT2D eigenvalue weighted by Crippen LogP contribution is 2.29. The minimum absolute atomic E-state index is 0.156. The molecular formula is C16H17ClO2S. The van der Waals surface area contributed by atoms with Gasteiger partial charge in [-0.05, 0) is 35.9 Å². The van der Waals surface area contributed by atoms with E-state index in [0.717, 1.165) is 5.56 Å². The standard InChI is InChI=1S/C16H17ClO2S/c1-2-19-16(18)10-9-14(17)12-5-7-13(8-6-12)15-4-3-11-20-15/h3-8,11,14H,2,9-10H2,1H3. The van der Waals surface area contributed by atoms with E-state index in [2.05, 4.69) is 23.6 Å². The largest absolute Gasteiger partial charge is 0.466 e. The van der Waals surface area contributed by atoms with Gasteiger partial charge in [-0.15, -0.1) is 22.9 Å². The van der Waals surface area contributed by atoms with Crippen LogP contribution in [0.25, 0.3) is 10.4 Å². The Morgan fingerprint density at radius 1 is 1.30 bits per heavy atom. The minimum Gasteiger partial charge on any atom is -0.466 e. The van der Waals surface area contributed by atoms with Crippen molar-refractivity contribution in [3.63, 3.8) is 0 Å². The Hall–Kier alpha value is -1.32. The molecule has 0 aliphatic heterocycles. The van der Waals surface area contributed by atoms with E-state index < -0.39 is 0 Å². The maximum atomic E-state index is 11.3. The second kappa shape index (κ2) is 7.46. The topological polar surface area (TPSA) is 26.3 Å². The fraction of sp³-hybridized carbons (Fsp3) is 0.312. The van der Waals surface area contributed by atoms with Gasteiger partial charge in [-0.25, -0.2) is 0 Å². The van der Waals surface area contributed by atoms with Gasteiger partial charge in [-0.3, -0.25) is 4.79 Å². The molecule has 20 heavy (non-hydrogen) atoms. The van der Waals surface area contributed by atoms with Gasteiger partial charge in [0.25, 0.3) is 0 Å². The summed E-state index contributed by atoms with van der Waals surface area (Å²) in [6.07, 6.45) is 0.952. The molecule has 0 saturated heterocycles. The monoisotopic (exact) mass is 308 g/mol. The Morgan fingerprint density at radius 3 is 2.65 bits per heavy atom. The maximum Gasteiger partial charge on any atom is 0.305 e. The zero-order chi connectivity index (χ0) is 14.4. The summed E-state index contributed by atoms with van der Waals surface area (Å²) >= 11 is 8.04. The highest BCUT2D eigenvalue weighted by molar-refractivity contribution is 7.13. The van der Waals surface area contributed by atoms with Crippen molar-refractivity contribution in [2.24, 2.45) is 0 Å². The third-order valence-electron chi connectivity index (χ3n) is 2.99. The maximum absolute atomic E-state index is 11.3. The molecule has 0 bridgehead atoms. The first-order valence-corrected chi connectivity index (χ1v) is 7.96. The summed E-state index contributed by atoms with van der Waals surface area (Å²) < 4.78 is 4.90. The summed E-state index contributed by atoms with van der Waals surface area (Å²) in [4.78, 5) is 12.6. The smallest absolute Gasteiger partial charge is 0.305 e. The normalized spacial score (nSPS) is 12.1. The molecule has 0 saturated carbocycles. The molecule has 0 amide bonds. The number of carbonyl (C=O) groups excluding carboxylic acids is 1. The van der Waals surface area contributed by atoms with Gasteiger partial charge in [0.2, 0.25) is 0 Å². The molecule has 2 aromatic rings. The molecule has 0 aliphatic rings. The van der Waals surface area contributed by atoms with Crippen molar-refractivity contribution in [2.45, 2.75) is 25.1 Å². The number of esters is 1. The van der Waals surface area contributed by atoms with Crippen molar-refractivity contribution in [3.8, 4) is 10.4 Å². The summed E-state index contributed by atoms with van der Waals surface area (Å²) in [6, 6.07) is 12.3. The molecule has 1 atom stereocenters. The quantitative estimate of drug-likeness (QED) is 0.552. The Labute approximate surface area is 128 Å². The minimum atomic E-state index is -0.187. The molecule has 2 nitrogen and oxygen atoms in total. The Morgan fingerprint density at radius 2 is 2.05 bits per heavy atom. The van der Waals surface area contributed by atoms with Crippen LogP contribution < -0.4 is 0 Å². The molecule has 0 aliphatic carbocycles. The van der Waals surface area contributed by atoms with Crippen molar-refractivity contribution < 1.29 is 9.53 Å². The van der Waals surface area contributed by atoms with E-state index in [4.69, 9.17) is 16.3 Å². The van der Waals surface area contributed by atoms with Gasteiger partial charge in [0.1, 0.15) is 0 Å². The average Bonchev–Trinajstić information content (AvgIpc) is 2.99. The van der Waals surface area contributed by atoms with Crippen molar-refractivity contribution >= 4 is 28.9 Å². The molecule has 2 rings (SSSR count). The fourth-order valence-electron chi connectivity index (χ4n) is 1.94. The van der Waals surface area contributed by atoms with Crippen LogP contribution in [0.3, 0.4) is 0 Å². The number of hydrogen-bond acceptors (Lipinski definition) is 3. The second-order valence-corrected chi connectivity index (χ2v) is 5.89. The number of rotatable bonds is 6. The first-order valence-electron chi connectivity index (χ1n) is 6.64. The number of ether oxygens (including phenoxy) is 1. The number of thiophene rings is 1. The van der Waals surface area contributed by atoms with Gasteiger partial charge in [0, 0.05) is 11.3 Å². The van der Waals surface area contributed by atoms with Gasteiger partial charge >= 0.3 is 5.97 Å². The molecule has 0 N–H and O–H groups in total. The lowest BCUT2D eigenvalue weighted by Crippen LogP contribution is -2.05. The van der Waals surface area contributed by atoms with E-state index in [0.29, 0.717) is 19.4 Å². The van der Waals surface area contributed by atoms with Crippen LogP contribution in [0.15, 0.2) is 41.8 Å². The number of hydrogen-bond donors (Lipinski definition) is 0. The van der Waals surface area contributed by atoms with Crippen molar-refractivity contribution in [1.82, 2.24) is 0 Å². The Bertz CT molecular complexity index is 534. The van der Waals surface area contributed by atoms with Crippen molar-refractivity contribution in [1.29, 1.82) is 0 Å². The molecule has 1 aromatic carbocycles. The molecule has 0 radical (unpaired) electrons.